The van der Waals surface area contributed by atoms with Crippen molar-refractivity contribution in [3.63, 3.8) is 0 Å². The van der Waals surface area contributed by atoms with Gasteiger partial charge in [-0.05, 0) is 30.4 Å². The average molecular weight is 292 g/mol. The zero-order chi connectivity index (χ0) is 14.4. The van der Waals surface area contributed by atoms with Gasteiger partial charge in [0.15, 0.2) is 0 Å². The summed E-state index contributed by atoms with van der Waals surface area (Å²) in [6, 6.07) is 10.1. The third-order valence-electron chi connectivity index (χ3n) is 3.28. The molecule has 0 spiro atoms. The van der Waals surface area contributed by atoms with Gasteiger partial charge in [0.05, 0.1) is 14.2 Å². The molecule has 1 atom stereocenters. The number of ether oxygens (including phenoxy) is 2. The second-order valence-electron chi connectivity index (χ2n) is 4.45. The Kier molecular flexibility index (Phi) is 5.40. The zero-order valence-corrected chi connectivity index (χ0v) is 12.6. The molecule has 1 unspecified atom stereocenters. The van der Waals surface area contributed by atoms with Gasteiger partial charge in [0.1, 0.15) is 11.5 Å². The van der Waals surface area contributed by atoms with Crippen molar-refractivity contribution in [1.82, 2.24) is 5.43 Å². The Morgan fingerprint density at radius 1 is 1.25 bits per heavy atom. The fourth-order valence-electron chi connectivity index (χ4n) is 2.18. The maximum Gasteiger partial charge on any atom is 0.127 e. The second-order valence-corrected chi connectivity index (χ2v) is 5.48. The van der Waals surface area contributed by atoms with Gasteiger partial charge in [-0.3, -0.25) is 11.3 Å². The van der Waals surface area contributed by atoms with E-state index >= 15 is 0 Å². The van der Waals surface area contributed by atoms with Crippen molar-refractivity contribution >= 4 is 11.3 Å². The number of nitrogens with two attached hydrogens (primary N) is 1. The summed E-state index contributed by atoms with van der Waals surface area (Å²) in [7, 11) is 3.30. The number of aryl methyl sites for hydroxylation is 1. The number of rotatable bonds is 7. The van der Waals surface area contributed by atoms with Gasteiger partial charge in [-0.2, -0.15) is 0 Å². The molecular weight excluding hydrogens is 272 g/mol. The predicted molar refractivity (Wildman–Crippen MR) is 82.3 cm³/mol. The molecule has 3 N–H and O–H groups in total. The molecule has 0 fully saturated rings. The largest absolute Gasteiger partial charge is 0.497 e. The zero-order valence-electron chi connectivity index (χ0n) is 11.8. The van der Waals surface area contributed by atoms with Crippen LogP contribution in [0.3, 0.4) is 0 Å². The van der Waals surface area contributed by atoms with Gasteiger partial charge in [0, 0.05) is 22.5 Å². The molecule has 20 heavy (non-hydrogen) atoms. The summed E-state index contributed by atoms with van der Waals surface area (Å²) in [6.45, 7) is 0. The summed E-state index contributed by atoms with van der Waals surface area (Å²) in [5.74, 6) is 7.27. The second kappa shape index (κ2) is 7.28. The van der Waals surface area contributed by atoms with Crippen LogP contribution in [0.2, 0.25) is 0 Å². The van der Waals surface area contributed by atoms with Gasteiger partial charge in [0.2, 0.25) is 0 Å². The fourth-order valence-corrected chi connectivity index (χ4v) is 2.90. The summed E-state index contributed by atoms with van der Waals surface area (Å²) in [5.41, 5.74) is 3.93. The molecule has 0 saturated carbocycles. The van der Waals surface area contributed by atoms with Crippen LogP contribution in [0.25, 0.3) is 0 Å². The minimum Gasteiger partial charge on any atom is -0.497 e. The Balaban J connectivity index is 2.13. The number of methoxy groups -OCH3 is 2. The Morgan fingerprint density at radius 2 is 2.10 bits per heavy atom. The van der Waals surface area contributed by atoms with Crippen LogP contribution in [-0.4, -0.2) is 14.2 Å². The van der Waals surface area contributed by atoms with Gasteiger partial charge < -0.3 is 9.47 Å². The molecule has 0 amide bonds. The number of hydrogen-bond acceptors (Lipinski definition) is 5. The lowest BCUT2D eigenvalue weighted by molar-refractivity contribution is 0.382. The molecule has 5 heteroatoms. The van der Waals surface area contributed by atoms with E-state index < -0.39 is 0 Å². The molecule has 1 aromatic heterocycles. The molecule has 108 valence electrons. The van der Waals surface area contributed by atoms with Gasteiger partial charge in [-0.25, -0.2) is 0 Å². The Morgan fingerprint density at radius 3 is 2.70 bits per heavy atom. The summed E-state index contributed by atoms with van der Waals surface area (Å²) in [5, 5.41) is 2.09. The smallest absolute Gasteiger partial charge is 0.127 e. The number of hydrazine groups is 1. The highest BCUT2D eigenvalue weighted by molar-refractivity contribution is 7.09. The van der Waals surface area contributed by atoms with Crippen LogP contribution in [0, 0.1) is 0 Å². The third-order valence-corrected chi connectivity index (χ3v) is 4.21. The van der Waals surface area contributed by atoms with Crippen molar-refractivity contribution in [3.8, 4) is 11.5 Å². The molecule has 2 aromatic rings. The summed E-state index contributed by atoms with van der Waals surface area (Å²) in [6.07, 6.45) is 1.90. The Bertz CT molecular complexity index is 529. The average Bonchev–Trinajstić information content (AvgIpc) is 3.01. The van der Waals surface area contributed by atoms with Crippen molar-refractivity contribution in [2.45, 2.75) is 18.9 Å². The molecule has 1 aromatic carbocycles. The SMILES string of the molecule is COc1ccc(C(CCc2cccs2)NN)c(OC)c1. The van der Waals surface area contributed by atoms with E-state index in [1.165, 1.54) is 4.88 Å². The lowest BCUT2D eigenvalue weighted by Gasteiger charge is -2.19. The van der Waals surface area contributed by atoms with Gasteiger partial charge >= 0.3 is 0 Å². The van der Waals surface area contributed by atoms with Crippen LogP contribution in [-0.2, 0) is 6.42 Å². The van der Waals surface area contributed by atoms with Gasteiger partial charge in [-0.15, -0.1) is 11.3 Å². The van der Waals surface area contributed by atoms with Crippen molar-refractivity contribution in [2.75, 3.05) is 14.2 Å². The highest BCUT2D eigenvalue weighted by Gasteiger charge is 2.15. The highest BCUT2D eigenvalue weighted by atomic mass is 32.1. The van der Waals surface area contributed by atoms with E-state index in [1.807, 2.05) is 18.2 Å². The topological polar surface area (TPSA) is 56.5 Å². The first kappa shape index (κ1) is 14.8. The maximum absolute atomic E-state index is 5.71. The minimum absolute atomic E-state index is 0.0537. The number of nitrogens with one attached hydrogen (secondary N) is 1. The molecule has 0 aliphatic rings. The molecule has 4 nitrogen and oxygen atoms in total. The molecule has 2 rings (SSSR count). The lowest BCUT2D eigenvalue weighted by Crippen LogP contribution is -2.28. The first-order valence-electron chi connectivity index (χ1n) is 6.49. The summed E-state index contributed by atoms with van der Waals surface area (Å²) in [4.78, 5) is 1.36. The summed E-state index contributed by atoms with van der Waals surface area (Å²) < 4.78 is 10.6. The third kappa shape index (κ3) is 3.50. The molecule has 0 aliphatic carbocycles. The first-order valence-corrected chi connectivity index (χ1v) is 7.37. The van der Waals surface area contributed by atoms with Gasteiger partial charge in [0.25, 0.3) is 0 Å². The molecule has 0 radical (unpaired) electrons. The van der Waals surface area contributed by atoms with Gasteiger partial charge in [-0.1, -0.05) is 12.1 Å². The highest BCUT2D eigenvalue weighted by Crippen LogP contribution is 2.31. The summed E-state index contributed by atoms with van der Waals surface area (Å²) >= 11 is 1.77. The van der Waals surface area contributed by atoms with Crippen LogP contribution in [0.4, 0.5) is 0 Å². The van der Waals surface area contributed by atoms with Crippen molar-refractivity contribution < 1.29 is 9.47 Å². The molecule has 0 bridgehead atoms. The molecule has 0 saturated heterocycles. The monoisotopic (exact) mass is 292 g/mol. The maximum atomic E-state index is 5.71. The molecule has 1 heterocycles. The Labute approximate surface area is 123 Å². The van der Waals surface area contributed by atoms with Crippen LogP contribution < -0.4 is 20.7 Å². The van der Waals surface area contributed by atoms with Crippen molar-refractivity contribution in [3.05, 3.63) is 46.2 Å². The number of thiophene rings is 1. The van der Waals surface area contributed by atoms with E-state index in [0.29, 0.717) is 0 Å². The standard InChI is InChI=1S/C15H20N2O2S/c1-18-11-5-7-13(15(10-11)19-2)14(17-16)8-6-12-4-3-9-20-12/h3-5,7,9-10,14,17H,6,8,16H2,1-2H3. The molecular formula is C15H20N2O2S. The number of benzene rings is 1. The van der Waals surface area contributed by atoms with E-state index in [4.69, 9.17) is 15.3 Å². The predicted octanol–water partition coefficient (Wildman–Crippen LogP) is 2.90. The van der Waals surface area contributed by atoms with Crippen LogP contribution in [0.5, 0.6) is 11.5 Å². The van der Waals surface area contributed by atoms with Crippen LogP contribution >= 0.6 is 11.3 Å². The van der Waals surface area contributed by atoms with Crippen molar-refractivity contribution in [1.29, 1.82) is 0 Å². The normalized spacial score (nSPS) is 12.2. The fraction of sp³-hybridized carbons (Fsp3) is 0.333. The van der Waals surface area contributed by atoms with E-state index in [2.05, 4.69) is 22.9 Å². The van der Waals surface area contributed by atoms with E-state index in [9.17, 15) is 0 Å². The minimum atomic E-state index is 0.0537. The number of hydrogen-bond donors (Lipinski definition) is 2. The molecule has 0 aliphatic heterocycles. The lowest BCUT2D eigenvalue weighted by atomic mass is 10.0. The Hall–Kier alpha value is -1.56. The van der Waals surface area contributed by atoms with E-state index in [0.717, 1.165) is 29.9 Å². The quantitative estimate of drug-likeness (QED) is 0.608. The first-order chi connectivity index (χ1) is 9.78. The van der Waals surface area contributed by atoms with Crippen molar-refractivity contribution in [2.24, 2.45) is 5.84 Å². The van der Waals surface area contributed by atoms with E-state index in [-0.39, 0.29) is 6.04 Å². The van der Waals surface area contributed by atoms with E-state index in [1.54, 1.807) is 25.6 Å². The van der Waals surface area contributed by atoms with Crippen LogP contribution in [0.1, 0.15) is 22.9 Å². The van der Waals surface area contributed by atoms with Crippen LogP contribution in [0.15, 0.2) is 35.7 Å².